The van der Waals surface area contributed by atoms with Crippen molar-refractivity contribution in [3.05, 3.63) is 28.2 Å². The zero-order valence-corrected chi connectivity index (χ0v) is 14.8. The Morgan fingerprint density at radius 3 is 2.83 bits per heavy atom. The van der Waals surface area contributed by atoms with E-state index in [0.29, 0.717) is 33.0 Å². The molecule has 0 aliphatic rings. The molecule has 0 aliphatic carbocycles. The molecule has 9 heteroatoms. The van der Waals surface area contributed by atoms with Gasteiger partial charge in [0.25, 0.3) is 0 Å². The molecule has 0 amide bonds. The van der Waals surface area contributed by atoms with E-state index in [0.717, 1.165) is 5.75 Å². The molecule has 2 rings (SSSR count). The summed E-state index contributed by atoms with van der Waals surface area (Å²) in [7, 11) is 0. The van der Waals surface area contributed by atoms with Gasteiger partial charge < -0.3 is 16.2 Å². The first-order chi connectivity index (χ1) is 11.0. The molecular weight excluding hydrogens is 357 g/mol. The fraction of sp³-hybridized carbons (Fsp3) is 0.357. The molecule has 0 saturated carbocycles. The average molecular weight is 374 g/mol. The third-order valence-electron chi connectivity index (χ3n) is 2.90. The number of hydrogen-bond acceptors (Lipinski definition) is 7. The molecule has 6 nitrogen and oxygen atoms in total. The number of halogens is 2. The van der Waals surface area contributed by atoms with Crippen molar-refractivity contribution in [3.8, 4) is 11.3 Å². The van der Waals surface area contributed by atoms with Gasteiger partial charge in [-0.1, -0.05) is 35.3 Å². The minimum atomic E-state index is 0.119. The lowest BCUT2D eigenvalue weighted by atomic mass is 10.1. The minimum absolute atomic E-state index is 0.119. The maximum atomic E-state index is 8.77. The summed E-state index contributed by atoms with van der Waals surface area (Å²) in [6.07, 6.45) is 0. The molecule has 1 atom stereocenters. The van der Waals surface area contributed by atoms with Crippen LogP contribution < -0.4 is 11.1 Å². The van der Waals surface area contributed by atoms with Gasteiger partial charge in [-0.05, 0) is 13.0 Å². The number of hydrogen-bond donors (Lipinski definition) is 3. The molecule has 0 saturated heterocycles. The van der Waals surface area contributed by atoms with Crippen LogP contribution >= 0.6 is 35.0 Å². The first-order valence-corrected chi connectivity index (χ1v) is 8.83. The highest BCUT2D eigenvalue weighted by Crippen LogP contribution is 2.34. The Kier molecular flexibility index (Phi) is 6.71. The number of thioether (sulfide) groups is 1. The van der Waals surface area contributed by atoms with Crippen molar-refractivity contribution in [1.82, 2.24) is 15.2 Å². The highest BCUT2D eigenvalue weighted by Gasteiger charge is 2.14. The van der Waals surface area contributed by atoms with Crippen molar-refractivity contribution in [2.24, 2.45) is 0 Å². The molecule has 4 N–H and O–H groups in total. The third-order valence-corrected chi connectivity index (χ3v) is 4.93. The van der Waals surface area contributed by atoms with Crippen LogP contribution in [-0.2, 0) is 0 Å². The van der Waals surface area contributed by atoms with E-state index in [1.165, 1.54) is 0 Å². The van der Waals surface area contributed by atoms with Gasteiger partial charge in [0, 0.05) is 23.1 Å². The molecule has 1 aromatic carbocycles. The number of aromatic nitrogens is 3. The minimum Gasteiger partial charge on any atom is -0.396 e. The van der Waals surface area contributed by atoms with Crippen LogP contribution in [0.3, 0.4) is 0 Å². The topological polar surface area (TPSA) is 97.0 Å². The van der Waals surface area contributed by atoms with Crippen LogP contribution in [-0.4, -0.2) is 44.4 Å². The van der Waals surface area contributed by atoms with Gasteiger partial charge in [-0.2, -0.15) is 16.7 Å². The van der Waals surface area contributed by atoms with Crippen LogP contribution in [0.25, 0.3) is 11.3 Å². The Bertz CT molecular complexity index is 674. The standard InChI is InChI=1S/C14H17Cl2N5OS/c1-8(7-23-6-5-22)18-14-19-13(17)12(20-21-14)9-3-2-4-10(15)11(9)16/h2-4,8,22H,5-7H2,1H3,(H3,17,18,19,21). The smallest absolute Gasteiger partial charge is 0.244 e. The number of nitrogens with two attached hydrogens (primary N) is 1. The quantitative estimate of drug-likeness (QED) is 0.641. The van der Waals surface area contributed by atoms with Crippen LogP contribution in [0.15, 0.2) is 18.2 Å². The molecule has 1 heterocycles. The molecule has 0 spiro atoms. The van der Waals surface area contributed by atoms with Crippen LogP contribution in [0.4, 0.5) is 11.8 Å². The van der Waals surface area contributed by atoms with E-state index in [-0.39, 0.29) is 18.5 Å². The first kappa shape index (κ1) is 18.1. The number of benzene rings is 1. The van der Waals surface area contributed by atoms with E-state index < -0.39 is 0 Å². The van der Waals surface area contributed by atoms with E-state index in [1.54, 1.807) is 30.0 Å². The lowest BCUT2D eigenvalue weighted by Gasteiger charge is -2.14. The molecule has 1 unspecified atom stereocenters. The number of aliphatic hydroxyl groups excluding tert-OH is 1. The van der Waals surface area contributed by atoms with Gasteiger partial charge in [-0.15, -0.1) is 10.2 Å². The van der Waals surface area contributed by atoms with Crippen LogP contribution in [0.1, 0.15) is 6.92 Å². The highest BCUT2D eigenvalue weighted by molar-refractivity contribution is 7.99. The fourth-order valence-electron chi connectivity index (χ4n) is 1.86. The highest BCUT2D eigenvalue weighted by atomic mass is 35.5. The summed E-state index contributed by atoms with van der Waals surface area (Å²) in [4.78, 5) is 4.22. The summed E-state index contributed by atoms with van der Waals surface area (Å²) in [5.74, 6) is 2.08. The van der Waals surface area contributed by atoms with Crippen LogP contribution in [0.2, 0.25) is 10.0 Å². The predicted molar refractivity (Wildman–Crippen MR) is 97.2 cm³/mol. The van der Waals surface area contributed by atoms with Crippen molar-refractivity contribution in [2.45, 2.75) is 13.0 Å². The van der Waals surface area contributed by atoms with Crippen molar-refractivity contribution in [2.75, 3.05) is 29.2 Å². The van der Waals surface area contributed by atoms with E-state index in [2.05, 4.69) is 20.5 Å². The van der Waals surface area contributed by atoms with E-state index in [4.69, 9.17) is 34.0 Å². The van der Waals surface area contributed by atoms with Crippen molar-refractivity contribution < 1.29 is 5.11 Å². The van der Waals surface area contributed by atoms with Crippen LogP contribution in [0.5, 0.6) is 0 Å². The van der Waals surface area contributed by atoms with E-state index in [1.807, 2.05) is 6.92 Å². The molecular formula is C14H17Cl2N5OS. The molecule has 0 fully saturated rings. The lowest BCUT2D eigenvalue weighted by molar-refractivity contribution is 0.322. The first-order valence-electron chi connectivity index (χ1n) is 6.92. The van der Waals surface area contributed by atoms with Gasteiger partial charge in [-0.25, -0.2) is 0 Å². The summed E-state index contributed by atoms with van der Waals surface area (Å²) >= 11 is 13.8. The SMILES string of the molecule is CC(CSCCO)Nc1nnc(-c2cccc(Cl)c2Cl)c(N)n1. The van der Waals surface area contributed by atoms with Crippen molar-refractivity contribution in [1.29, 1.82) is 0 Å². The molecule has 0 aliphatic heterocycles. The van der Waals surface area contributed by atoms with Gasteiger partial charge in [-0.3, -0.25) is 0 Å². The van der Waals surface area contributed by atoms with Gasteiger partial charge in [0.1, 0.15) is 5.69 Å². The van der Waals surface area contributed by atoms with Gasteiger partial charge in [0.05, 0.1) is 16.7 Å². The number of nitrogen functional groups attached to an aromatic ring is 1. The van der Waals surface area contributed by atoms with Gasteiger partial charge in [0.15, 0.2) is 5.82 Å². The lowest BCUT2D eigenvalue weighted by Crippen LogP contribution is -2.21. The monoisotopic (exact) mass is 373 g/mol. The molecule has 23 heavy (non-hydrogen) atoms. The normalized spacial score (nSPS) is 12.2. The molecule has 2 aromatic rings. The molecule has 0 radical (unpaired) electrons. The zero-order chi connectivity index (χ0) is 16.8. The van der Waals surface area contributed by atoms with Crippen LogP contribution in [0, 0.1) is 0 Å². The maximum Gasteiger partial charge on any atom is 0.244 e. The number of rotatable bonds is 7. The zero-order valence-electron chi connectivity index (χ0n) is 12.5. The number of anilines is 2. The van der Waals surface area contributed by atoms with E-state index >= 15 is 0 Å². The summed E-state index contributed by atoms with van der Waals surface area (Å²) in [6, 6.07) is 5.33. The van der Waals surface area contributed by atoms with Crippen molar-refractivity contribution in [3.63, 3.8) is 0 Å². The third kappa shape index (κ3) is 4.84. The molecule has 124 valence electrons. The van der Waals surface area contributed by atoms with Gasteiger partial charge >= 0.3 is 0 Å². The largest absolute Gasteiger partial charge is 0.396 e. The average Bonchev–Trinajstić information content (AvgIpc) is 2.51. The summed E-state index contributed by atoms with van der Waals surface area (Å²) in [5.41, 5.74) is 6.96. The Morgan fingerprint density at radius 2 is 2.13 bits per heavy atom. The Balaban J connectivity index is 2.13. The number of nitrogens with one attached hydrogen (secondary N) is 1. The second-order valence-corrected chi connectivity index (χ2v) is 6.75. The summed E-state index contributed by atoms with van der Waals surface area (Å²) in [5, 5.41) is 20.8. The Morgan fingerprint density at radius 1 is 1.35 bits per heavy atom. The second kappa shape index (κ2) is 8.54. The second-order valence-electron chi connectivity index (χ2n) is 4.81. The molecule has 1 aromatic heterocycles. The Labute approximate surface area is 148 Å². The van der Waals surface area contributed by atoms with E-state index in [9.17, 15) is 0 Å². The number of nitrogens with zero attached hydrogens (tertiary/aromatic N) is 3. The Hall–Kier alpha value is -1.28. The van der Waals surface area contributed by atoms with Crippen molar-refractivity contribution >= 4 is 46.7 Å². The summed E-state index contributed by atoms with van der Waals surface area (Å²) in [6.45, 7) is 2.16. The summed E-state index contributed by atoms with van der Waals surface area (Å²) < 4.78 is 0. The maximum absolute atomic E-state index is 8.77. The predicted octanol–water partition coefficient (Wildman–Crippen LogP) is 2.95. The number of aliphatic hydroxyl groups is 1. The van der Waals surface area contributed by atoms with Gasteiger partial charge in [0.2, 0.25) is 5.95 Å². The molecule has 0 bridgehead atoms. The fourth-order valence-corrected chi connectivity index (χ4v) is 2.99.